The predicted molar refractivity (Wildman–Crippen MR) is 131 cm³/mol. The Morgan fingerprint density at radius 2 is 1.56 bits per heavy atom. The van der Waals surface area contributed by atoms with Crippen LogP contribution in [0.3, 0.4) is 0 Å². The van der Waals surface area contributed by atoms with Gasteiger partial charge in [0.1, 0.15) is 5.82 Å². The van der Waals surface area contributed by atoms with Crippen LogP contribution in [0.4, 0.5) is 11.5 Å². The second kappa shape index (κ2) is 9.57. The van der Waals surface area contributed by atoms with Crippen LogP contribution in [0, 0.1) is 0 Å². The Balaban J connectivity index is 1.20. The average Bonchev–Trinajstić information content (AvgIpc) is 3.39. The number of hydrogen-bond acceptors (Lipinski definition) is 5. The molecular formula is C26H31N5O. The largest absolute Gasteiger partial charge is 0.369 e. The fraction of sp³-hybridized carbons (Fsp3) is 0.385. The number of para-hydroxylation sites is 2. The highest BCUT2D eigenvalue weighted by Crippen LogP contribution is 2.26. The van der Waals surface area contributed by atoms with E-state index >= 15 is 0 Å². The third kappa shape index (κ3) is 4.55. The molecule has 2 aromatic carbocycles. The number of piperazine rings is 1. The van der Waals surface area contributed by atoms with E-state index in [1.165, 1.54) is 5.69 Å². The van der Waals surface area contributed by atoms with Crippen LogP contribution in [-0.2, 0) is 0 Å². The molecule has 0 bridgehead atoms. The number of carbonyl (C=O) groups excluding carboxylic acids is 1. The molecule has 5 rings (SSSR count). The van der Waals surface area contributed by atoms with Crippen molar-refractivity contribution in [2.75, 3.05) is 62.2 Å². The van der Waals surface area contributed by atoms with Gasteiger partial charge < -0.3 is 15.1 Å². The minimum absolute atomic E-state index is 0.0203. The maximum absolute atomic E-state index is 13.1. The maximum atomic E-state index is 13.1. The number of hydrogen-bond donors (Lipinski definition) is 1. The molecule has 0 atom stereocenters. The van der Waals surface area contributed by atoms with E-state index in [0.717, 1.165) is 75.4 Å². The van der Waals surface area contributed by atoms with Crippen LogP contribution in [0.2, 0.25) is 0 Å². The molecule has 0 aliphatic carbocycles. The molecule has 1 amide bonds. The summed E-state index contributed by atoms with van der Waals surface area (Å²) in [6.45, 7) is 7.53. The summed E-state index contributed by atoms with van der Waals surface area (Å²) in [5.74, 6) is 0.809. The molecule has 6 heteroatoms. The lowest BCUT2D eigenvalue weighted by Crippen LogP contribution is -2.48. The number of rotatable bonds is 6. The molecule has 0 spiro atoms. The Hall–Kier alpha value is -3.12. The Kier molecular flexibility index (Phi) is 6.21. The summed E-state index contributed by atoms with van der Waals surface area (Å²) >= 11 is 0. The molecule has 166 valence electrons. The fourth-order valence-corrected chi connectivity index (χ4v) is 4.73. The quantitative estimate of drug-likeness (QED) is 0.651. The first-order chi connectivity index (χ1) is 15.8. The first-order valence-corrected chi connectivity index (χ1v) is 11.7. The van der Waals surface area contributed by atoms with Crippen molar-refractivity contribution in [3.63, 3.8) is 0 Å². The van der Waals surface area contributed by atoms with Crippen LogP contribution in [0.5, 0.6) is 0 Å². The van der Waals surface area contributed by atoms with E-state index in [4.69, 9.17) is 4.98 Å². The van der Waals surface area contributed by atoms with Crippen molar-refractivity contribution in [2.24, 2.45) is 0 Å². The van der Waals surface area contributed by atoms with E-state index in [0.29, 0.717) is 12.1 Å². The molecule has 32 heavy (non-hydrogen) atoms. The van der Waals surface area contributed by atoms with Gasteiger partial charge in [0.2, 0.25) is 0 Å². The van der Waals surface area contributed by atoms with Crippen LogP contribution in [0.15, 0.2) is 60.7 Å². The van der Waals surface area contributed by atoms with E-state index in [-0.39, 0.29) is 5.91 Å². The van der Waals surface area contributed by atoms with E-state index < -0.39 is 0 Å². The summed E-state index contributed by atoms with van der Waals surface area (Å²) in [5, 5.41) is 4.17. The second-order valence-corrected chi connectivity index (χ2v) is 8.67. The van der Waals surface area contributed by atoms with Crippen LogP contribution in [-0.4, -0.2) is 68.1 Å². The Bertz CT molecular complexity index is 1060. The minimum atomic E-state index is -0.0203. The number of carbonyl (C=O) groups is 1. The summed E-state index contributed by atoms with van der Waals surface area (Å²) in [6, 6.07) is 20.6. The molecule has 1 N–H and O–H groups in total. The standard InChI is InChI=1S/C26H31N5O/c32-26(27-12-15-29-16-18-30(19-17-29)22-9-2-1-3-10-22)23-20-21-8-4-5-11-24(21)28-25(23)31-13-6-7-14-31/h1-5,8-11,20H,6-7,12-19H2,(H,27,32). The minimum Gasteiger partial charge on any atom is -0.369 e. The van der Waals surface area contributed by atoms with Gasteiger partial charge in [-0.05, 0) is 37.1 Å². The molecule has 1 aromatic heterocycles. The maximum Gasteiger partial charge on any atom is 0.255 e. The molecule has 0 saturated carbocycles. The summed E-state index contributed by atoms with van der Waals surface area (Å²) in [5.41, 5.74) is 2.93. The van der Waals surface area contributed by atoms with E-state index in [9.17, 15) is 4.79 Å². The summed E-state index contributed by atoms with van der Waals surface area (Å²) in [7, 11) is 0. The van der Waals surface area contributed by atoms with Gasteiger partial charge in [0, 0.05) is 63.4 Å². The topological polar surface area (TPSA) is 51.7 Å². The SMILES string of the molecule is O=C(NCCN1CCN(c2ccccc2)CC1)c1cc2ccccc2nc1N1CCCC1. The molecular weight excluding hydrogens is 398 g/mol. The molecule has 2 aliphatic heterocycles. The lowest BCUT2D eigenvalue weighted by molar-refractivity contribution is 0.0948. The number of pyridine rings is 1. The zero-order valence-electron chi connectivity index (χ0n) is 18.5. The highest BCUT2D eigenvalue weighted by Gasteiger charge is 2.22. The number of benzene rings is 2. The van der Waals surface area contributed by atoms with E-state index in [1.807, 2.05) is 30.3 Å². The van der Waals surface area contributed by atoms with Gasteiger partial charge in [0.15, 0.2) is 0 Å². The molecule has 0 unspecified atom stereocenters. The molecule has 3 heterocycles. The van der Waals surface area contributed by atoms with Crippen molar-refractivity contribution in [3.05, 3.63) is 66.2 Å². The van der Waals surface area contributed by atoms with Crippen LogP contribution < -0.4 is 15.1 Å². The van der Waals surface area contributed by atoms with Crippen molar-refractivity contribution in [1.29, 1.82) is 0 Å². The van der Waals surface area contributed by atoms with Crippen molar-refractivity contribution >= 4 is 28.3 Å². The number of amides is 1. The van der Waals surface area contributed by atoms with Gasteiger partial charge >= 0.3 is 0 Å². The average molecular weight is 430 g/mol. The van der Waals surface area contributed by atoms with Crippen LogP contribution in [0.25, 0.3) is 10.9 Å². The van der Waals surface area contributed by atoms with Crippen molar-refractivity contribution < 1.29 is 4.79 Å². The Morgan fingerprint density at radius 3 is 2.34 bits per heavy atom. The molecule has 0 radical (unpaired) electrons. The number of aromatic nitrogens is 1. The van der Waals surface area contributed by atoms with Gasteiger partial charge in [0.05, 0.1) is 11.1 Å². The third-order valence-corrected chi connectivity index (χ3v) is 6.56. The molecule has 2 aliphatic rings. The lowest BCUT2D eigenvalue weighted by atomic mass is 10.1. The van der Waals surface area contributed by atoms with Crippen molar-refractivity contribution in [1.82, 2.24) is 15.2 Å². The number of fused-ring (bicyclic) bond motifs is 1. The zero-order valence-corrected chi connectivity index (χ0v) is 18.5. The van der Waals surface area contributed by atoms with E-state index in [1.54, 1.807) is 0 Å². The number of anilines is 2. The zero-order chi connectivity index (χ0) is 21.8. The van der Waals surface area contributed by atoms with Crippen LogP contribution >= 0.6 is 0 Å². The van der Waals surface area contributed by atoms with Gasteiger partial charge in [-0.1, -0.05) is 36.4 Å². The van der Waals surface area contributed by atoms with Gasteiger partial charge in [-0.25, -0.2) is 4.98 Å². The van der Waals surface area contributed by atoms with Crippen molar-refractivity contribution in [3.8, 4) is 0 Å². The monoisotopic (exact) mass is 429 g/mol. The normalized spacial score (nSPS) is 17.1. The molecule has 2 saturated heterocycles. The van der Waals surface area contributed by atoms with E-state index in [2.05, 4.69) is 50.3 Å². The Morgan fingerprint density at radius 1 is 0.844 bits per heavy atom. The fourth-order valence-electron chi connectivity index (χ4n) is 4.73. The molecule has 2 fully saturated rings. The van der Waals surface area contributed by atoms with Crippen molar-refractivity contribution in [2.45, 2.75) is 12.8 Å². The summed E-state index contributed by atoms with van der Waals surface area (Å²) in [4.78, 5) is 25.1. The first-order valence-electron chi connectivity index (χ1n) is 11.7. The number of nitrogens with zero attached hydrogens (tertiary/aromatic N) is 4. The van der Waals surface area contributed by atoms with Gasteiger partial charge in [0.25, 0.3) is 5.91 Å². The predicted octanol–water partition coefficient (Wildman–Crippen LogP) is 3.39. The molecule has 6 nitrogen and oxygen atoms in total. The van der Waals surface area contributed by atoms with Crippen LogP contribution in [0.1, 0.15) is 23.2 Å². The number of nitrogens with one attached hydrogen (secondary N) is 1. The second-order valence-electron chi connectivity index (χ2n) is 8.67. The molecule has 3 aromatic rings. The Labute approximate surface area is 189 Å². The van der Waals surface area contributed by atoms with Gasteiger partial charge in [-0.15, -0.1) is 0 Å². The smallest absolute Gasteiger partial charge is 0.255 e. The highest BCUT2D eigenvalue weighted by atomic mass is 16.1. The first kappa shape index (κ1) is 20.8. The lowest BCUT2D eigenvalue weighted by Gasteiger charge is -2.36. The van der Waals surface area contributed by atoms with Gasteiger partial charge in [-0.3, -0.25) is 9.69 Å². The summed E-state index contributed by atoms with van der Waals surface area (Å²) < 4.78 is 0. The third-order valence-electron chi connectivity index (χ3n) is 6.56. The highest BCUT2D eigenvalue weighted by molar-refractivity contribution is 6.02. The van der Waals surface area contributed by atoms with Gasteiger partial charge in [-0.2, -0.15) is 0 Å². The summed E-state index contributed by atoms with van der Waals surface area (Å²) in [6.07, 6.45) is 2.31.